The van der Waals surface area contributed by atoms with Crippen LogP contribution in [0.15, 0.2) is 18.5 Å². The van der Waals surface area contributed by atoms with Gasteiger partial charge in [0.1, 0.15) is 0 Å². The van der Waals surface area contributed by atoms with Gasteiger partial charge in [-0.1, -0.05) is 0 Å². The summed E-state index contributed by atoms with van der Waals surface area (Å²) in [5.41, 5.74) is 0. The van der Waals surface area contributed by atoms with E-state index in [-0.39, 0.29) is 23.8 Å². The highest BCUT2D eigenvalue weighted by molar-refractivity contribution is 5.93. The lowest BCUT2D eigenvalue weighted by Crippen LogP contribution is -2.47. The summed E-state index contributed by atoms with van der Waals surface area (Å²) in [5.74, 6) is -0.0117. The van der Waals surface area contributed by atoms with Gasteiger partial charge < -0.3 is 4.74 Å². The SMILES string of the molecule is CCOC(=O)C1CCN(C(C)C(=O)Nc2ncccn2)CC1. The fourth-order valence-corrected chi connectivity index (χ4v) is 2.53. The fourth-order valence-electron chi connectivity index (χ4n) is 2.53. The smallest absolute Gasteiger partial charge is 0.309 e. The van der Waals surface area contributed by atoms with Crippen molar-refractivity contribution < 1.29 is 14.3 Å². The standard InChI is InChI=1S/C15H22N4O3/c1-3-22-14(21)12-5-9-19(10-6-12)11(2)13(20)18-15-16-7-4-8-17-15/h4,7-8,11-12H,3,5-6,9-10H2,1-2H3,(H,16,17,18,20). The van der Waals surface area contributed by atoms with Gasteiger partial charge in [-0.25, -0.2) is 9.97 Å². The molecule has 1 atom stereocenters. The third-order valence-electron chi connectivity index (χ3n) is 3.88. The zero-order chi connectivity index (χ0) is 15.9. The molecule has 1 amide bonds. The predicted molar refractivity (Wildman–Crippen MR) is 81.1 cm³/mol. The molecule has 0 bridgehead atoms. The molecule has 0 saturated carbocycles. The van der Waals surface area contributed by atoms with Crippen LogP contribution in [0.25, 0.3) is 0 Å². The number of amides is 1. The molecule has 0 radical (unpaired) electrons. The summed E-state index contributed by atoms with van der Waals surface area (Å²) in [7, 11) is 0. The number of carbonyl (C=O) groups is 2. The van der Waals surface area contributed by atoms with Gasteiger partial charge in [-0.2, -0.15) is 0 Å². The van der Waals surface area contributed by atoms with E-state index in [0.29, 0.717) is 25.6 Å². The highest BCUT2D eigenvalue weighted by Crippen LogP contribution is 2.20. The molecule has 0 aliphatic carbocycles. The van der Waals surface area contributed by atoms with Crippen molar-refractivity contribution in [2.75, 3.05) is 25.0 Å². The van der Waals surface area contributed by atoms with E-state index in [4.69, 9.17) is 4.74 Å². The van der Waals surface area contributed by atoms with Crippen LogP contribution in [0.3, 0.4) is 0 Å². The second-order valence-corrected chi connectivity index (χ2v) is 5.30. The number of rotatable bonds is 5. The van der Waals surface area contributed by atoms with Crippen molar-refractivity contribution in [3.05, 3.63) is 18.5 Å². The van der Waals surface area contributed by atoms with Crippen molar-refractivity contribution in [2.45, 2.75) is 32.7 Å². The molecule has 0 spiro atoms. The lowest BCUT2D eigenvalue weighted by atomic mass is 9.96. The molecule has 120 valence electrons. The van der Waals surface area contributed by atoms with E-state index in [1.807, 2.05) is 13.8 Å². The van der Waals surface area contributed by atoms with E-state index in [1.165, 1.54) is 0 Å². The zero-order valence-corrected chi connectivity index (χ0v) is 13.0. The van der Waals surface area contributed by atoms with Gasteiger partial charge >= 0.3 is 5.97 Å². The first-order valence-corrected chi connectivity index (χ1v) is 7.60. The summed E-state index contributed by atoms with van der Waals surface area (Å²) in [6, 6.07) is 1.41. The first kappa shape index (κ1) is 16.4. The van der Waals surface area contributed by atoms with Crippen molar-refractivity contribution in [1.29, 1.82) is 0 Å². The van der Waals surface area contributed by atoms with Crippen molar-refractivity contribution >= 4 is 17.8 Å². The number of nitrogens with zero attached hydrogens (tertiary/aromatic N) is 3. The van der Waals surface area contributed by atoms with E-state index < -0.39 is 0 Å². The van der Waals surface area contributed by atoms with Gasteiger partial charge in [-0.15, -0.1) is 0 Å². The maximum absolute atomic E-state index is 12.2. The number of ether oxygens (including phenoxy) is 1. The van der Waals surface area contributed by atoms with Crippen LogP contribution >= 0.6 is 0 Å². The number of aromatic nitrogens is 2. The maximum atomic E-state index is 12.2. The topological polar surface area (TPSA) is 84.4 Å². The average molecular weight is 306 g/mol. The molecule has 1 aliphatic rings. The van der Waals surface area contributed by atoms with Crippen LogP contribution in [0.5, 0.6) is 0 Å². The van der Waals surface area contributed by atoms with Crippen LogP contribution in [0.4, 0.5) is 5.95 Å². The number of nitrogens with one attached hydrogen (secondary N) is 1. The Morgan fingerprint density at radius 3 is 2.59 bits per heavy atom. The molecule has 1 saturated heterocycles. The van der Waals surface area contributed by atoms with Crippen molar-refractivity contribution in [1.82, 2.24) is 14.9 Å². The highest BCUT2D eigenvalue weighted by Gasteiger charge is 2.30. The zero-order valence-electron chi connectivity index (χ0n) is 13.0. The molecule has 2 heterocycles. The molecule has 7 heteroatoms. The minimum Gasteiger partial charge on any atom is -0.466 e. The number of esters is 1. The molecule has 7 nitrogen and oxygen atoms in total. The molecule has 22 heavy (non-hydrogen) atoms. The van der Waals surface area contributed by atoms with E-state index in [2.05, 4.69) is 20.2 Å². The van der Waals surface area contributed by atoms with E-state index in [9.17, 15) is 9.59 Å². The Morgan fingerprint density at radius 2 is 2.00 bits per heavy atom. The monoisotopic (exact) mass is 306 g/mol. The summed E-state index contributed by atoms with van der Waals surface area (Å²) in [6.45, 7) is 5.48. The first-order chi connectivity index (χ1) is 10.6. The predicted octanol–water partition coefficient (Wildman–Crippen LogP) is 1.08. The van der Waals surface area contributed by atoms with Crippen LogP contribution in [0, 0.1) is 5.92 Å². The lowest BCUT2D eigenvalue weighted by Gasteiger charge is -2.34. The van der Waals surface area contributed by atoms with Crippen molar-refractivity contribution in [3.8, 4) is 0 Å². The van der Waals surface area contributed by atoms with Crippen molar-refractivity contribution in [2.24, 2.45) is 5.92 Å². The minimum atomic E-state index is -0.285. The van der Waals surface area contributed by atoms with Gasteiger partial charge in [-0.3, -0.25) is 19.8 Å². The third-order valence-corrected chi connectivity index (χ3v) is 3.88. The van der Waals surface area contributed by atoms with Gasteiger partial charge in [0.05, 0.1) is 18.6 Å². The molecule has 1 aromatic rings. The molecule has 1 aromatic heterocycles. The summed E-state index contributed by atoms with van der Waals surface area (Å²) in [5, 5.41) is 2.70. The number of anilines is 1. The first-order valence-electron chi connectivity index (χ1n) is 7.60. The average Bonchev–Trinajstić information content (AvgIpc) is 2.55. The number of hydrogen-bond donors (Lipinski definition) is 1. The number of piperidine rings is 1. The number of hydrogen-bond acceptors (Lipinski definition) is 6. The van der Waals surface area contributed by atoms with Crippen LogP contribution in [0.2, 0.25) is 0 Å². The van der Waals surface area contributed by atoms with Crippen LogP contribution in [-0.4, -0.2) is 52.5 Å². The van der Waals surface area contributed by atoms with E-state index in [1.54, 1.807) is 18.5 Å². The van der Waals surface area contributed by atoms with Gasteiger partial charge in [0.25, 0.3) is 0 Å². The molecular formula is C15H22N4O3. The Bertz CT molecular complexity index is 501. The Balaban J connectivity index is 1.83. The second-order valence-electron chi connectivity index (χ2n) is 5.30. The van der Waals surface area contributed by atoms with Crippen molar-refractivity contribution in [3.63, 3.8) is 0 Å². The molecule has 0 aromatic carbocycles. The fraction of sp³-hybridized carbons (Fsp3) is 0.600. The molecular weight excluding hydrogens is 284 g/mol. The van der Waals surface area contributed by atoms with Gasteiger partial charge in [0.2, 0.25) is 11.9 Å². The van der Waals surface area contributed by atoms with Crippen LogP contribution in [-0.2, 0) is 14.3 Å². The molecule has 1 N–H and O–H groups in total. The quantitative estimate of drug-likeness (QED) is 0.819. The lowest BCUT2D eigenvalue weighted by molar-refractivity contribution is -0.149. The largest absolute Gasteiger partial charge is 0.466 e. The number of likely N-dealkylation sites (tertiary alicyclic amines) is 1. The van der Waals surface area contributed by atoms with Gasteiger partial charge in [0, 0.05) is 12.4 Å². The van der Waals surface area contributed by atoms with Gasteiger partial charge in [-0.05, 0) is 45.8 Å². The Kier molecular flexibility index (Phi) is 5.83. The molecule has 1 fully saturated rings. The summed E-state index contributed by atoms with van der Waals surface area (Å²) in [6.07, 6.45) is 4.60. The highest BCUT2D eigenvalue weighted by atomic mass is 16.5. The summed E-state index contributed by atoms with van der Waals surface area (Å²) < 4.78 is 5.05. The summed E-state index contributed by atoms with van der Waals surface area (Å²) >= 11 is 0. The van der Waals surface area contributed by atoms with Crippen LogP contribution in [0.1, 0.15) is 26.7 Å². The number of carbonyl (C=O) groups excluding carboxylic acids is 2. The Morgan fingerprint density at radius 1 is 1.36 bits per heavy atom. The molecule has 1 unspecified atom stereocenters. The van der Waals surface area contributed by atoms with E-state index >= 15 is 0 Å². The normalized spacial score (nSPS) is 17.7. The third kappa shape index (κ3) is 4.24. The summed E-state index contributed by atoms with van der Waals surface area (Å²) in [4.78, 5) is 33.9. The molecule has 2 rings (SSSR count). The Hall–Kier alpha value is -2.02. The molecule has 1 aliphatic heterocycles. The minimum absolute atomic E-state index is 0.0519. The second kappa shape index (κ2) is 7.84. The van der Waals surface area contributed by atoms with Gasteiger partial charge in [0.15, 0.2) is 0 Å². The Labute approximate surface area is 130 Å². The van der Waals surface area contributed by atoms with Crippen LogP contribution < -0.4 is 5.32 Å². The maximum Gasteiger partial charge on any atom is 0.309 e. The van der Waals surface area contributed by atoms with E-state index in [0.717, 1.165) is 12.8 Å².